The Morgan fingerprint density at radius 3 is 2.48 bits per heavy atom. The van der Waals surface area contributed by atoms with Crippen molar-refractivity contribution in [2.75, 3.05) is 6.61 Å². The van der Waals surface area contributed by atoms with Gasteiger partial charge in [0.15, 0.2) is 5.54 Å². The molecule has 3 aromatic rings. The smallest absolute Gasteiger partial charge is 0.430 e. The number of carbonyl (C=O) groups excluding carboxylic acids is 2. The summed E-state index contributed by atoms with van der Waals surface area (Å²) in [4.78, 5) is 35.8. The van der Waals surface area contributed by atoms with Crippen molar-refractivity contribution in [3.8, 4) is 17.4 Å². The predicted octanol–water partition coefficient (Wildman–Crippen LogP) is 5.44. The molecule has 4 heterocycles. The third kappa shape index (κ3) is 5.29. The Kier molecular flexibility index (Phi) is 7.72. The largest absolute Gasteiger partial charge is 0.477 e. The van der Waals surface area contributed by atoms with Gasteiger partial charge in [0.05, 0.1) is 24.5 Å². The molecule has 2 aromatic heterocycles. The number of benzene rings is 1. The van der Waals surface area contributed by atoms with Crippen LogP contribution in [0.5, 0.6) is 17.4 Å². The number of nitrogens with zero attached hydrogens (tertiary/aromatic N) is 3. The SMILES string of the molecule is CCCc1cc(C(O)(C(F)(F)F)C(F)(F)F)ccc1Oc1ccnc(CN2C(=O)NC(C)(c3ccc4c(n3)OCC4)C2=O)c1. The molecule has 5 rings (SSSR count). The number of hydrogen-bond acceptors (Lipinski definition) is 7. The van der Waals surface area contributed by atoms with Crippen LogP contribution in [-0.4, -0.2) is 50.9 Å². The Morgan fingerprint density at radius 1 is 1.07 bits per heavy atom. The molecule has 234 valence electrons. The van der Waals surface area contributed by atoms with Crippen molar-refractivity contribution in [1.29, 1.82) is 0 Å². The van der Waals surface area contributed by atoms with Gasteiger partial charge in [0.2, 0.25) is 5.88 Å². The topological polar surface area (TPSA) is 114 Å². The second-order valence-electron chi connectivity index (χ2n) is 10.6. The molecule has 44 heavy (non-hydrogen) atoms. The summed E-state index contributed by atoms with van der Waals surface area (Å²) in [7, 11) is 0. The van der Waals surface area contributed by atoms with Gasteiger partial charge in [-0.3, -0.25) is 14.7 Å². The number of imide groups is 1. The fraction of sp³-hybridized carbons (Fsp3) is 0.379. The molecule has 1 atom stereocenters. The first kappa shape index (κ1) is 31.0. The number of amides is 3. The van der Waals surface area contributed by atoms with E-state index in [1.165, 1.54) is 25.3 Å². The molecule has 3 amide bonds. The highest BCUT2D eigenvalue weighted by Gasteiger charge is 2.71. The third-order valence-electron chi connectivity index (χ3n) is 7.49. The van der Waals surface area contributed by atoms with E-state index in [0.29, 0.717) is 43.2 Å². The fourth-order valence-corrected chi connectivity index (χ4v) is 5.09. The molecule has 1 unspecified atom stereocenters. The second-order valence-corrected chi connectivity index (χ2v) is 10.6. The molecule has 1 fully saturated rings. The maximum atomic E-state index is 13.4. The summed E-state index contributed by atoms with van der Waals surface area (Å²) in [6, 6.07) is 7.54. The van der Waals surface area contributed by atoms with Gasteiger partial charge in [0, 0.05) is 29.8 Å². The lowest BCUT2D eigenvalue weighted by Gasteiger charge is -2.33. The van der Waals surface area contributed by atoms with E-state index in [1.54, 1.807) is 19.1 Å². The van der Waals surface area contributed by atoms with Crippen LogP contribution in [0.1, 0.15) is 48.3 Å². The zero-order chi connectivity index (χ0) is 32.1. The number of nitrogens with one attached hydrogen (secondary N) is 1. The number of urea groups is 1. The molecule has 9 nitrogen and oxygen atoms in total. The van der Waals surface area contributed by atoms with Crippen molar-refractivity contribution < 1.29 is 50.5 Å². The predicted molar refractivity (Wildman–Crippen MR) is 141 cm³/mol. The Hall–Kier alpha value is -4.40. The van der Waals surface area contributed by atoms with Gasteiger partial charge in [-0.1, -0.05) is 25.5 Å². The third-order valence-corrected chi connectivity index (χ3v) is 7.49. The van der Waals surface area contributed by atoms with Crippen LogP contribution in [0.2, 0.25) is 0 Å². The van der Waals surface area contributed by atoms with E-state index in [1.807, 2.05) is 0 Å². The highest BCUT2D eigenvalue weighted by Crippen LogP contribution is 2.50. The Labute approximate surface area is 246 Å². The minimum absolute atomic E-state index is 0.00835. The van der Waals surface area contributed by atoms with E-state index in [-0.39, 0.29) is 35.7 Å². The average molecular weight is 625 g/mol. The van der Waals surface area contributed by atoms with Gasteiger partial charge >= 0.3 is 18.4 Å². The van der Waals surface area contributed by atoms with Crippen molar-refractivity contribution in [3.63, 3.8) is 0 Å². The maximum absolute atomic E-state index is 13.4. The van der Waals surface area contributed by atoms with E-state index in [0.717, 1.165) is 16.5 Å². The number of rotatable bonds is 8. The zero-order valence-corrected chi connectivity index (χ0v) is 23.3. The average Bonchev–Trinajstić information content (AvgIpc) is 3.51. The first-order valence-corrected chi connectivity index (χ1v) is 13.5. The number of carbonyl (C=O) groups is 2. The number of hydrogen-bond donors (Lipinski definition) is 2. The number of halogens is 6. The van der Waals surface area contributed by atoms with Crippen LogP contribution in [0.25, 0.3) is 0 Å². The molecule has 15 heteroatoms. The summed E-state index contributed by atoms with van der Waals surface area (Å²) >= 11 is 0. The van der Waals surface area contributed by atoms with Gasteiger partial charge in [-0.25, -0.2) is 9.78 Å². The summed E-state index contributed by atoms with van der Waals surface area (Å²) in [5.41, 5.74) is -6.57. The minimum Gasteiger partial charge on any atom is -0.477 e. The van der Waals surface area contributed by atoms with Gasteiger partial charge in [-0.2, -0.15) is 26.3 Å². The molecule has 0 radical (unpaired) electrons. The molecule has 2 aliphatic rings. The molecule has 2 aliphatic heterocycles. The molecule has 0 bridgehead atoms. The van der Waals surface area contributed by atoms with Crippen LogP contribution in [0.3, 0.4) is 0 Å². The van der Waals surface area contributed by atoms with Gasteiger partial charge in [-0.15, -0.1) is 0 Å². The Morgan fingerprint density at radius 2 is 1.80 bits per heavy atom. The van der Waals surface area contributed by atoms with Crippen LogP contribution in [0, 0.1) is 0 Å². The summed E-state index contributed by atoms with van der Waals surface area (Å²) < 4.78 is 91.9. The van der Waals surface area contributed by atoms with Crippen LogP contribution < -0.4 is 14.8 Å². The van der Waals surface area contributed by atoms with Crippen molar-refractivity contribution in [2.45, 2.75) is 63.1 Å². The van der Waals surface area contributed by atoms with Crippen LogP contribution >= 0.6 is 0 Å². The van der Waals surface area contributed by atoms with Gasteiger partial charge in [0.25, 0.3) is 11.5 Å². The lowest BCUT2D eigenvalue weighted by atomic mass is 9.90. The van der Waals surface area contributed by atoms with Gasteiger partial charge in [0.1, 0.15) is 11.5 Å². The first-order chi connectivity index (χ1) is 20.6. The lowest BCUT2D eigenvalue weighted by Crippen LogP contribution is -2.53. The number of aromatic nitrogens is 2. The number of aryl methyl sites for hydroxylation is 1. The maximum Gasteiger partial charge on any atom is 0.430 e. The first-order valence-electron chi connectivity index (χ1n) is 13.5. The van der Waals surface area contributed by atoms with Gasteiger partial charge < -0.3 is 19.9 Å². The van der Waals surface area contributed by atoms with Gasteiger partial charge in [-0.05, 0) is 43.2 Å². The molecule has 1 saturated heterocycles. The highest BCUT2D eigenvalue weighted by atomic mass is 19.4. The molecule has 2 N–H and O–H groups in total. The molecular formula is C29H26F6N4O5. The normalized spacial score (nSPS) is 18.7. The molecular weight excluding hydrogens is 598 g/mol. The van der Waals surface area contributed by atoms with Crippen LogP contribution in [0.4, 0.5) is 31.1 Å². The highest BCUT2D eigenvalue weighted by molar-refractivity contribution is 6.06. The number of aliphatic hydroxyl groups is 1. The zero-order valence-electron chi connectivity index (χ0n) is 23.3. The van der Waals surface area contributed by atoms with E-state index in [2.05, 4.69) is 15.3 Å². The number of pyridine rings is 2. The van der Waals surface area contributed by atoms with E-state index >= 15 is 0 Å². The number of fused-ring (bicyclic) bond motifs is 1. The number of ether oxygens (including phenoxy) is 2. The summed E-state index contributed by atoms with van der Waals surface area (Å²) in [6.07, 6.45) is -9.69. The van der Waals surface area contributed by atoms with Crippen LogP contribution in [-0.2, 0) is 35.3 Å². The Bertz CT molecular complexity index is 1600. The van der Waals surface area contributed by atoms with Crippen molar-refractivity contribution in [1.82, 2.24) is 20.2 Å². The van der Waals surface area contributed by atoms with Crippen molar-refractivity contribution in [3.05, 3.63) is 76.7 Å². The molecule has 1 aromatic carbocycles. The molecule has 0 spiro atoms. The van der Waals surface area contributed by atoms with Crippen molar-refractivity contribution in [2.24, 2.45) is 0 Å². The quantitative estimate of drug-likeness (QED) is 0.254. The van der Waals surface area contributed by atoms with Crippen LogP contribution in [0.15, 0.2) is 48.7 Å². The fourth-order valence-electron chi connectivity index (χ4n) is 5.09. The lowest BCUT2D eigenvalue weighted by molar-refractivity contribution is -0.376. The van der Waals surface area contributed by atoms with Crippen molar-refractivity contribution >= 4 is 11.9 Å². The van der Waals surface area contributed by atoms with E-state index < -0.39 is 41.0 Å². The Balaban J connectivity index is 1.38. The second kappa shape index (κ2) is 10.9. The summed E-state index contributed by atoms with van der Waals surface area (Å²) in [5.74, 6) is -0.155. The van der Waals surface area contributed by atoms with E-state index in [4.69, 9.17) is 9.47 Å². The van der Waals surface area contributed by atoms with E-state index in [9.17, 15) is 41.0 Å². The number of alkyl halides is 6. The molecule has 0 aliphatic carbocycles. The summed E-state index contributed by atoms with van der Waals surface area (Å²) in [5, 5.41) is 12.5. The monoisotopic (exact) mass is 624 g/mol. The summed E-state index contributed by atoms with van der Waals surface area (Å²) in [6.45, 7) is 3.37. The standard InChI is InChI=1S/C29H26F6N4O5/c1-3-4-17-13-18(27(42,28(30,31)32)29(33,34)35)6-7-21(17)44-20-9-11-36-19(14-20)15-39-24(40)26(2,38-25(39)41)22-8-5-16-10-12-43-23(16)37-22/h5-9,11,13-14,42H,3-4,10,12,15H2,1-2H3,(H,38,41). The minimum atomic E-state index is -6.03. The molecule has 0 saturated carbocycles.